The van der Waals surface area contributed by atoms with Crippen molar-refractivity contribution in [1.29, 1.82) is 0 Å². The van der Waals surface area contributed by atoms with Crippen LogP contribution in [0.2, 0.25) is 0 Å². The molecule has 0 amide bonds. The molecule has 1 fully saturated rings. The Balaban J connectivity index is 1.46. The quantitative estimate of drug-likeness (QED) is 0.824. The molecule has 0 N–H and O–H groups in total. The number of hydrogen-bond donors (Lipinski definition) is 0. The van der Waals surface area contributed by atoms with Gasteiger partial charge in [0.25, 0.3) is 0 Å². The van der Waals surface area contributed by atoms with Gasteiger partial charge in [-0.25, -0.2) is 0 Å². The van der Waals surface area contributed by atoms with E-state index in [1.165, 1.54) is 24.1 Å². The van der Waals surface area contributed by atoms with Gasteiger partial charge in [0.1, 0.15) is 5.75 Å². The molecule has 2 nitrogen and oxygen atoms in total. The Kier molecular flexibility index (Phi) is 4.56. The first-order valence-electron chi connectivity index (χ1n) is 7.75. The summed E-state index contributed by atoms with van der Waals surface area (Å²) in [5.41, 5.74) is 2.65. The average Bonchev–Trinajstić information content (AvgIpc) is 2.94. The molecule has 2 aromatic rings. The Labute approximate surface area is 127 Å². The zero-order chi connectivity index (χ0) is 14.5. The van der Waals surface area contributed by atoms with Crippen molar-refractivity contribution in [1.82, 2.24) is 4.90 Å². The summed E-state index contributed by atoms with van der Waals surface area (Å²) >= 11 is 0. The molecule has 0 aromatic heterocycles. The van der Waals surface area contributed by atoms with E-state index in [1.54, 1.807) is 0 Å². The van der Waals surface area contributed by atoms with Crippen LogP contribution in [0.3, 0.4) is 0 Å². The molecule has 21 heavy (non-hydrogen) atoms. The van der Waals surface area contributed by atoms with Crippen molar-refractivity contribution in [3.8, 4) is 5.75 Å². The van der Waals surface area contributed by atoms with E-state index in [-0.39, 0.29) is 0 Å². The van der Waals surface area contributed by atoms with Crippen LogP contribution in [0.1, 0.15) is 17.5 Å². The SMILES string of the molecule is Cc1cccc(OCC2CCN(Cc3ccccc3)C2)c1. The van der Waals surface area contributed by atoms with E-state index in [9.17, 15) is 0 Å². The highest BCUT2D eigenvalue weighted by Gasteiger charge is 2.22. The number of likely N-dealkylation sites (tertiary alicyclic amines) is 1. The van der Waals surface area contributed by atoms with Crippen LogP contribution in [-0.4, -0.2) is 24.6 Å². The fourth-order valence-corrected chi connectivity index (χ4v) is 2.95. The lowest BCUT2D eigenvalue weighted by Crippen LogP contribution is -2.22. The number of aryl methyl sites for hydroxylation is 1. The molecule has 2 aromatic carbocycles. The van der Waals surface area contributed by atoms with Crippen molar-refractivity contribution in [3.63, 3.8) is 0 Å². The van der Waals surface area contributed by atoms with Crippen molar-refractivity contribution in [2.75, 3.05) is 19.7 Å². The minimum Gasteiger partial charge on any atom is -0.493 e. The smallest absolute Gasteiger partial charge is 0.119 e. The zero-order valence-electron chi connectivity index (χ0n) is 12.7. The van der Waals surface area contributed by atoms with Gasteiger partial charge in [-0.15, -0.1) is 0 Å². The molecule has 1 aliphatic heterocycles. The molecule has 1 heterocycles. The normalized spacial score (nSPS) is 18.8. The lowest BCUT2D eigenvalue weighted by Gasteiger charge is -2.16. The van der Waals surface area contributed by atoms with E-state index in [2.05, 4.69) is 60.4 Å². The molecule has 1 aliphatic rings. The number of ether oxygens (including phenoxy) is 1. The predicted octanol–water partition coefficient (Wildman–Crippen LogP) is 3.90. The van der Waals surface area contributed by atoms with Gasteiger partial charge in [-0.05, 0) is 43.1 Å². The van der Waals surface area contributed by atoms with Crippen molar-refractivity contribution in [2.45, 2.75) is 19.9 Å². The first kappa shape index (κ1) is 14.2. The minimum atomic E-state index is 0.647. The molecule has 0 spiro atoms. The number of benzene rings is 2. The lowest BCUT2D eigenvalue weighted by atomic mass is 10.1. The van der Waals surface area contributed by atoms with Crippen LogP contribution < -0.4 is 4.74 Å². The van der Waals surface area contributed by atoms with Gasteiger partial charge in [-0.1, -0.05) is 42.5 Å². The summed E-state index contributed by atoms with van der Waals surface area (Å²) < 4.78 is 5.94. The van der Waals surface area contributed by atoms with Crippen molar-refractivity contribution < 1.29 is 4.74 Å². The third kappa shape index (κ3) is 4.08. The summed E-state index contributed by atoms with van der Waals surface area (Å²) in [6.07, 6.45) is 1.23. The van der Waals surface area contributed by atoms with Crippen LogP contribution in [0.15, 0.2) is 54.6 Å². The molecular formula is C19H23NO. The van der Waals surface area contributed by atoms with Crippen LogP contribution in [0.5, 0.6) is 5.75 Å². The van der Waals surface area contributed by atoms with E-state index in [0.29, 0.717) is 5.92 Å². The highest BCUT2D eigenvalue weighted by atomic mass is 16.5. The van der Waals surface area contributed by atoms with Gasteiger partial charge < -0.3 is 4.74 Å². The lowest BCUT2D eigenvalue weighted by molar-refractivity contribution is 0.238. The van der Waals surface area contributed by atoms with Gasteiger partial charge in [0, 0.05) is 19.0 Å². The van der Waals surface area contributed by atoms with Gasteiger partial charge in [-0.3, -0.25) is 4.90 Å². The molecule has 1 saturated heterocycles. The Bertz CT molecular complexity index is 567. The summed E-state index contributed by atoms with van der Waals surface area (Å²) in [5, 5.41) is 0. The molecule has 2 heteroatoms. The molecule has 0 aliphatic carbocycles. The van der Waals surface area contributed by atoms with Gasteiger partial charge >= 0.3 is 0 Å². The van der Waals surface area contributed by atoms with E-state index in [1.807, 2.05) is 6.07 Å². The fourth-order valence-electron chi connectivity index (χ4n) is 2.95. The highest BCUT2D eigenvalue weighted by molar-refractivity contribution is 5.27. The van der Waals surface area contributed by atoms with Crippen molar-refractivity contribution in [3.05, 3.63) is 65.7 Å². The van der Waals surface area contributed by atoms with Crippen LogP contribution >= 0.6 is 0 Å². The van der Waals surface area contributed by atoms with E-state index in [4.69, 9.17) is 4.74 Å². The second-order valence-electron chi connectivity index (χ2n) is 6.00. The summed E-state index contributed by atoms with van der Waals surface area (Å²) in [7, 11) is 0. The first-order valence-corrected chi connectivity index (χ1v) is 7.75. The predicted molar refractivity (Wildman–Crippen MR) is 86.5 cm³/mol. The fraction of sp³-hybridized carbons (Fsp3) is 0.368. The Morgan fingerprint density at radius 1 is 1.10 bits per heavy atom. The molecular weight excluding hydrogens is 258 g/mol. The standard InChI is InChI=1S/C19H23NO/c1-16-6-5-9-19(12-16)21-15-18-10-11-20(14-18)13-17-7-3-2-4-8-17/h2-9,12,18H,10-11,13-15H2,1H3. The Hall–Kier alpha value is -1.80. The molecule has 0 radical (unpaired) electrons. The van der Waals surface area contributed by atoms with Gasteiger partial charge in [0.2, 0.25) is 0 Å². The number of nitrogens with zero attached hydrogens (tertiary/aromatic N) is 1. The number of hydrogen-bond acceptors (Lipinski definition) is 2. The average molecular weight is 281 g/mol. The third-order valence-electron chi connectivity index (χ3n) is 4.09. The van der Waals surface area contributed by atoms with Crippen molar-refractivity contribution >= 4 is 0 Å². The molecule has 110 valence electrons. The summed E-state index contributed by atoms with van der Waals surface area (Å²) in [6, 6.07) is 19.0. The molecule has 0 saturated carbocycles. The zero-order valence-corrected chi connectivity index (χ0v) is 12.7. The Morgan fingerprint density at radius 3 is 2.76 bits per heavy atom. The Morgan fingerprint density at radius 2 is 1.95 bits per heavy atom. The van der Waals surface area contributed by atoms with Crippen LogP contribution in [-0.2, 0) is 6.54 Å². The summed E-state index contributed by atoms with van der Waals surface area (Å²) in [6.45, 7) is 6.30. The largest absolute Gasteiger partial charge is 0.493 e. The van der Waals surface area contributed by atoms with Crippen LogP contribution in [0.4, 0.5) is 0 Å². The van der Waals surface area contributed by atoms with Crippen LogP contribution in [0.25, 0.3) is 0 Å². The van der Waals surface area contributed by atoms with E-state index >= 15 is 0 Å². The first-order chi connectivity index (χ1) is 10.3. The second kappa shape index (κ2) is 6.77. The molecule has 1 unspecified atom stereocenters. The monoisotopic (exact) mass is 281 g/mol. The van der Waals surface area contributed by atoms with E-state index in [0.717, 1.165) is 25.4 Å². The topological polar surface area (TPSA) is 12.5 Å². The minimum absolute atomic E-state index is 0.647. The van der Waals surface area contributed by atoms with Gasteiger partial charge in [0.05, 0.1) is 6.61 Å². The second-order valence-corrected chi connectivity index (χ2v) is 6.00. The number of rotatable bonds is 5. The maximum atomic E-state index is 5.94. The molecule has 0 bridgehead atoms. The summed E-state index contributed by atoms with van der Waals surface area (Å²) in [4.78, 5) is 2.53. The maximum Gasteiger partial charge on any atom is 0.119 e. The van der Waals surface area contributed by atoms with Gasteiger partial charge in [-0.2, -0.15) is 0 Å². The third-order valence-corrected chi connectivity index (χ3v) is 4.09. The van der Waals surface area contributed by atoms with Crippen molar-refractivity contribution in [2.24, 2.45) is 5.92 Å². The maximum absolute atomic E-state index is 5.94. The van der Waals surface area contributed by atoms with E-state index < -0.39 is 0 Å². The highest BCUT2D eigenvalue weighted by Crippen LogP contribution is 2.21. The summed E-state index contributed by atoms with van der Waals surface area (Å²) in [5.74, 6) is 1.64. The van der Waals surface area contributed by atoms with Gasteiger partial charge in [0.15, 0.2) is 0 Å². The van der Waals surface area contributed by atoms with Crippen LogP contribution in [0, 0.1) is 12.8 Å². The molecule has 3 rings (SSSR count). The molecule has 1 atom stereocenters.